The van der Waals surface area contributed by atoms with Crippen molar-refractivity contribution in [2.45, 2.75) is 19.4 Å². The minimum Gasteiger partial charge on any atom is -0.389 e. The number of benzene rings is 2. The molecule has 0 amide bonds. The van der Waals surface area contributed by atoms with Crippen LogP contribution in [0.15, 0.2) is 36.7 Å². The Hall–Kier alpha value is -2.71. The molecule has 2 aromatic carbocycles. The molecule has 22 heavy (non-hydrogen) atoms. The molecule has 3 rings (SSSR count). The van der Waals surface area contributed by atoms with Crippen LogP contribution in [0.3, 0.4) is 0 Å². The first kappa shape index (κ1) is 14.2. The number of H-pyrrole nitrogens is 1. The lowest BCUT2D eigenvalue weighted by atomic mass is 9.93. The lowest BCUT2D eigenvalue weighted by Gasteiger charge is -2.15. The standard InChI is InChI=1S/C17H14FN3O/c1-10(22)17-13(6-11(4-5-19)7-14(17)18)12-2-3-15-16(8-12)21-9-20-15/h2-3,6-10,22H,4H2,1H3,(H,20,21). The summed E-state index contributed by atoms with van der Waals surface area (Å²) >= 11 is 0. The molecule has 0 fully saturated rings. The van der Waals surface area contributed by atoms with Crippen molar-refractivity contribution in [2.75, 3.05) is 0 Å². The molecule has 2 N–H and O–H groups in total. The van der Waals surface area contributed by atoms with Crippen molar-refractivity contribution in [1.29, 1.82) is 5.26 Å². The quantitative estimate of drug-likeness (QED) is 0.777. The number of imidazole rings is 1. The van der Waals surface area contributed by atoms with Gasteiger partial charge in [0.2, 0.25) is 0 Å². The van der Waals surface area contributed by atoms with E-state index in [1.54, 1.807) is 12.4 Å². The summed E-state index contributed by atoms with van der Waals surface area (Å²) in [6.07, 6.45) is 0.774. The number of aliphatic hydroxyl groups is 1. The first-order valence-corrected chi connectivity index (χ1v) is 6.91. The molecule has 1 aromatic heterocycles. The molecule has 1 unspecified atom stereocenters. The second kappa shape index (κ2) is 5.58. The number of nitrogens with one attached hydrogen (secondary N) is 1. The van der Waals surface area contributed by atoms with Crippen molar-refractivity contribution < 1.29 is 9.50 Å². The van der Waals surface area contributed by atoms with E-state index in [9.17, 15) is 9.50 Å². The van der Waals surface area contributed by atoms with Crippen LogP contribution in [0.1, 0.15) is 24.2 Å². The van der Waals surface area contributed by atoms with E-state index in [2.05, 4.69) is 9.97 Å². The summed E-state index contributed by atoms with van der Waals surface area (Å²) in [6.45, 7) is 1.53. The number of halogens is 1. The van der Waals surface area contributed by atoms with Gasteiger partial charge in [-0.1, -0.05) is 6.07 Å². The molecule has 110 valence electrons. The highest BCUT2D eigenvalue weighted by atomic mass is 19.1. The highest BCUT2D eigenvalue weighted by Crippen LogP contribution is 2.33. The molecule has 0 aliphatic rings. The van der Waals surface area contributed by atoms with Crippen LogP contribution in [0, 0.1) is 17.1 Å². The number of hydrogen-bond acceptors (Lipinski definition) is 3. The van der Waals surface area contributed by atoms with Gasteiger partial charge in [0.1, 0.15) is 5.82 Å². The van der Waals surface area contributed by atoms with Crippen LogP contribution in [-0.4, -0.2) is 15.1 Å². The normalized spacial score (nSPS) is 12.3. The molecule has 0 aliphatic carbocycles. The SMILES string of the molecule is CC(O)c1c(F)cc(CC#N)cc1-c1ccc2nc[nH]c2c1. The van der Waals surface area contributed by atoms with Crippen LogP contribution < -0.4 is 0 Å². The number of aromatic nitrogens is 2. The molecule has 1 heterocycles. The molecule has 0 spiro atoms. The molecular weight excluding hydrogens is 281 g/mol. The highest BCUT2D eigenvalue weighted by Gasteiger charge is 2.17. The van der Waals surface area contributed by atoms with E-state index in [0.29, 0.717) is 11.1 Å². The monoisotopic (exact) mass is 295 g/mol. The van der Waals surface area contributed by atoms with Crippen molar-refractivity contribution in [3.05, 3.63) is 53.6 Å². The average Bonchev–Trinajstić information content (AvgIpc) is 2.93. The van der Waals surface area contributed by atoms with Crippen LogP contribution in [0.4, 0.5) is 4.39 Å². The Morgan fingerprint density at radius 2 is 2.18 bits per heavy atom. The molecule has 5 heteroatoms. The van der Waals surface area contributed by atoms with Gasteiger partial charge in [0.15, 0.2) is 0 Å². The molecule has 0 bridgehead atoms. The van der Waals surface area contributed by atoms with E-state index in [1.807, 2.05) is 24.3 Å². The van der Waals surface area contributed by atoms with Crippen molar-refractivity contribution in [1.82, 2.24) is 9.97 Å². The molecule has 0 saturated heterocycles. The summed E-state index contributed by atoms with van der Waals surface area (Å²) in [4.78, 5) is 7.17. The van der Waals surface area contributed by atoms with Crippen molar-refractivity contribution in [3.8, 4) is 17.2 Å². The Morgan fingerprint density at radius 3 is 2.91 bits per heavy atom. The third-order valence-corrected chi connectivity index (χ3v) is 3.62. The Kier molecular flexibility index (Phi) is 3.61. The zero-order valence-corrected chi connectivity index (χ0v) is 12.0. The maximum absolute atomic E-state index is 14.3. The van der Waals surface area contributed by atoms with Gasteiger partial charge in [-0.3, -0.25) is 0 Å². The van der Waals surface area contributed by atoms with Crippen molar-refractivity contribution >= 4 is 11.0 Å². The first-order chi connectivity index (χ1) is 10.6. The summed E-state index contributed by atoms with van der Waals surface area (Å²) in [5, 5.41) is 18.7. The van der Waals surface area contributed by atoms with E-state index in [4.69, 9.17) is 5.26 Å². The lowest BCUT2D eigenvalue weighted by Crippen LogP contribution is -2.01. The zero-order chi connectivity index (χ0) is 15.7. The van der Waals surface area contributed by atoms with E-state index < -0.39 is 11.9 Å². The van der Waals surface area contributed by atoms with E-state index in [-0.39, 0.29) is 12.0 Å². The van der Waals surface area contributed by atoms with Gasteiger partial charge in [0, 0.05) is 5.56 Å². The predicted molar refractivity (Wildman–Crippen MR) is 81.4 cm³/mol. The zero-order valence-electron chi connectivity index (χ0n) is 12.0. The van der Waals surface area contributed by atoms with Gasteiger partial charge in [-0.25, -0.2) is 9.37 Å². The number of nitriles is 1. The summed E-state index contributed by atoms with van der Waals surface area (Å²) in [5.74, 6) is -0.498. The van der Waals surface area contributed by atoms with Crippen LogP contribution >= 0.6 is 0 Å². The van der Waals surface area contributed by atoms with E-state index in [1.165, 1.54) is 13.0 Å². The summed E-state index contributed by atoms with van der Waals surface area (Å²) < 4.78 is 14.3. The molecule has 0 aliphatic heterocycles. The third kappa shape index (κ3) is 2.45. The summed E-state index contributed by atoms with van der Waals surface area (Å²) in [6, 6.07) is 10.6. The molecular formula is C17H14FN3O. The Morgan fingerprint density at radius 1 is 1.36 bits per heavy atom. The number of fused-ring (bicyclic) bond motifs is 1. The number of aliphatic hydroxyl groups excluding tert-OH is 1. The molecule has 3 aromatic rings. The molecule has 0 saturated carbocycles. The summed E-state index contributed by atoms with van der Waals surface area (Å²) in [5.41, 5.74) is 3.84. The lowest BCUT2D eigenvalue weighted by molar-refractivity contribution is 0.195. The second-order valence-corrected chi connectivity index (χ2v) is 5.18. The van der Waals surface area contributed by atoms with Gasteiger partial charge >= 0.3 is 0 Å². The van der Waals surface area contributed by atoms with Gasteiger partial charge in [-0.05, 0) is 47.9 Å². The fourth-order valence-corrected chi connectivity index (χ4v) is 2.63. The van der Waals surface area contributed by atoms with Crippen LogP contribution in [0.2, 0.25) is 0 Å². The maximum atomic E-state index is 14.3. The van der Waals surface area contributed by atoms with Gasteiger partial charge in [-0.2, -0.15) is 5.26 Å². The van der Waals surface area contributed by atoms with Gasteiger partial charge in [0.05, 0.1) is 36.0 Å². The molecule has 1 atom stereocenters. The first-order valence-electron chi connectivity index (χ1n) is 6.91. The fourth-order valence-electron chi connectivity index (χ4n) is 2.63. The largest absolute Gasteiger partial charge is 0.389 e. The topological polar surface area (TPSA) is 72.7 Å². The van der Waals surface area contributed by atoms with Gasteiger partial charge in [-0.15, -0.1) is 0 Å². The predicted octanol–water partition coefficient (Wildman–Crippen LogP) is 3.49. The number of rotatable bonds is 3. The van der Waals surface area contributed by atoms with E-state index >= 15 is 0 Å². The molecule has 4 nitrogen and oxygen atoms in total. The van der Waals surface area contributed by atoms with E-state index in [0.717, 1.165) is 16.6 Å². The smallest absolute Gasteiger partial charge is 0.129 e. The van der Waals surface area contributed by atoms with Gasteiger partial charge in [0.25, 0.3) is 0 Å². The minimum absolute atomic E-state index is 0.121. The average molecular weight is 295 g/mol. The highest BCUT2D eigenvalue weighted by molar-refractivity contribution is 5.82. The Bertz CT molecular complexity index is 877. The second-order valence-electron chi connectivity index (χ2n) is 5.18. The summed E-state index contributed by atoms with van der Waals surface area (Å²) in [7, 11) is 0. The van der Waals surface area contributed by atoms with Crippen LogP contribution in [0.5, 0.6) is 0 Å². The van der Waals surface area contributed by atoms with Crippen molar-refractivity contribution in [3.63, 3.8) is 0 Å². The third-order valence-electron chi connectivity index (χ3n) is 3.62. The van der Waals surface area contributed by atoms with Crippen molar-refractivity contribution in [2.24, 2.45) is 0 Å². The van der Waals surface area contributed by atoms with Gasteiger partial charge < -0.3 is 10.1 Å². The number of hydrogen-bond donors (Lipinski definition) is 2. The fraction of sp³-hybridized carbons (Fsp3) is 0.176. The minimum atomic E-state index is -0.941. The molecule has 0 radical (unpaired) electrons. The number of aromatic amines is 1. The van der Waals surface area contributed by atoms with Crippen LogP contribution in [0.25, 0.3) is 22.2 Å². The number of nitrogens with zero attached hydrogens (tertiary/aromatic N) is 2. The Labute approximate surface area is 126 Å². The van der Waals surface area contributed by atoms with Crippen LogP contribution in [-0.2, 0) is 6.42 Å². The maximum Gasteiger partial charge on any atom is 0.129 e. The Balaban J connectivity index is 2.24.